The zero-order valence-corrected chi connectivity index (χ0v) is 8.65. The lowest BCUT2D eigenvalue weighted by molar-refractivity contribution is -0.384. The Labute approximate surface area is 92.2 Å². The number of nitro benzene ring substituents is 1. The highest BCUT2D eigenvalue weighted by atomic mass is 35.5. The van der Waals surface area contributed by atoms with E-state index >= 15 is 0 Å². The molecule has 0 amide bonds. The van der Waals surface area contributed by atoms with Gasteiger partial charge in [0.2, 0.25) is 0 Å². The first-order valence-corrected chi connectivity index (χ1v) is 4.81. The number of nitriles is 1. The third kappa shape index (κ3) is 3.56. The van der Waals surface area contributed by atoms with E-state index in [1.165, 1.54) is 12.1 Å². The van der Waals surface area contributed by atoms with Crippen LogP contribution in [0.25, 0.3) is 0 Å². The molecule has 0 aliphatic rings. The van der Waals surface area contributed by atoms with Gasteiger partial charge < -0.3 is 0 Å². The Morgan fingerprint density at radius 2 is 2.33 bits per heavy atom. The number of rotatable bonds is 4. The van der Waals surface area contributed by atoms with Crippen molar-refractivity contribution in [3.8, 4) is 6.07 Å². The Balaban J connectivity index is 2.74. The van der Waals surface area contributed by atoms with Gasteiger partial charge in [0.15, 0.2) is 0 Å². The van der Waals surface area contributed by atoms with Gasteiger partial charge in [-0.25, -0.2) is 0 Å². The van der Waals surface area contributed by atoms with Crippen molar-refractivity contribution in [3.05, 3.63) is 39.9 Å². The minimum Gasteiger partial charge on any atom is -0.258 e. The third-order valence-electron chi connectivity index (χ3n) is 1.89. The zero-order chi connectivity index (χ0) is 11.3. The van der Waals surface area contributed by atoms with Gasteiger partial charge in [-0.1, -0.05) is 12.1 Å². The quantitative estimate of drug-likeness (QED) is 0.449. The topological polar surface area (TPSA) is 66.9 Å². The fraction of sp³-hybridized carbons (Fsp3) is 0.300. The first kappa shape index (κ1) is 11.5. The summed E-state index contributed by atoms with van der Waals surface area (Å²) in [5, 5.41) is 18.6. The van der Waals surface area contributed by atoms with E-state index in [-0.39, 0.29) is 17.5 Å². The van der Waals surface area contributed by atoms with Crippen LogP contribution in [0.4, 0.5) is 5.69 Å². The summed E-state index contributed by atoms with van der Waals surface area (Å²) < 4.78 is 0. The minimum atomic E-state index is -0.447. The van der Waals surface area contributed by atoms with Gasteiger partial charge in [0, 0.05) is 12.1 Å². The lowest BCUT2D eigenvalue weighted by Crippen LogP contribution is -2.02. The molecule has 0 radical (unpaired) electrons. The number of halogens is 1. The van der Waals surface area contributed by atoms with Crippen molar-refractivity contribution in [1.29, 1.82) is 5.26 Å². The van der Waals surface area contributed by atoms with Gasteiger partial charge in [-0.2, -0.15) is 5.26 Å². The van der Waals surface area contributed by atoms with Crippen molar-refractivity contribution >= 4 is 17.3 Å². The van der Waals surface area contributed by atoms with Gasteiger partial charge >= 0.3 is 0 Å². The summed E-state index contributed by atoms with van der Waals surface area (Å²) in [6.07, 6.45) is 0.709. The van der Waals surface area contributed by atoms with Crippen molar-refractivity contribution in [2.24, 2.45) is 0 Å². The van der Waals surface area contributed by atoms with Crippen LogP contribution in [0.5, 0.6) is 0 Å². The molecule has 0 aromatic heterocycles. The van der Waals surface area contributed by atoms with Gasteiger partial charge in [0.05, 0.1) is 22.8 Å². The van der Waals surface area contributed by atoms with Crippen LogP contribution in [0, 0.1) is 21.4 Å². The number of nitro groups is 1. The van der Waals surface area contributed by atoms with Crippen LogP contribution in [-0.2, 0) is 6.42 Å². The number of non-ortho nitro benzene ring substituents is 1. The summed E-state index contributed by atoms with van der Waals surface area (Å²) in [5.74, 6) is 0. The number of benzene rings is 1. The summed E-state index contributed by atoms with van der Waals surface area (Å²) in [5.41, 5.74) is 0.827. The maximum Gasteiger partial charge on any atom is 0.269 e. The molecule has 0 spiro atoms. The SMILES string of the molecule is N#CCC(Cl)Cc1cccc([N+](=O)[O-])c1. The van der Waals surface area contributed by atoms with Gasteiger partial charge in [0.1, 0.15) is 0 Å². The molecule has 1 unspecified atom stereocenters. The van der Waals surface area contributed by atoms with Crippen molar-refractivity contribution in [1.82, 2.24) is 0 Å². The van der Waals surface area contributed by atoms with Crippen LogP contribution in [0.15, 0.2) is 24.3 Å². The summed E-state index contributed by atoms with van der Waals surface area (Å²) in [7, 11) is 0. The summed E-state index contributed by atoms with van der Waals surface area (Å²) >= 11 is 5.86. The summed E-state index contributed by atoms with van der Waals surface area (Å²) in [4.78, 5) is 10.0. The molecule has 0 bridgehead atoms. The average molecular weight is 225 g/mol. The van der Waals surface area contributed by atoms with E-state index in [1.807, 2.05) is 6.07 Å². The second-order valence-electron chi connectivity index (χ2n) is 3.09. The number of alkyl halides is 1. The van der Waals surface area contributed by atoms with Crippen molar-refractivity contribution < 1.29 is 4.92 Å². The average Bonchev–Trinajstić information content (AvgIpc) is 2.18. The lowest BCUT2D eigenvalue weighted by Gasteiger charge is -2.04. The van der Waals surface area contributed by atoms with Crippen LogP contribution in [0.2, 0.25) is 0 Å². The van der Waals surface area contributed by atoms with E-state index in [0.29, 0.717) is 6.42 Å². The van der Waals surface area contributed by atoms with E-state index in [4.69, 9.17) is 16.9 Å². The van der Waals surface area contributed by atoms with E-state index in [9.17, 15) is 10.1 Å². The Morgan fingerprint density at radius 1 is 1.60 bits per heavy atom. The first-order valence-electron chi connectivity index (χ1n) is 4.38. The zero-order valence-electron chi connectivity index (χ0n) is 7.89. The smallest absolute Gasteiger partial charge is 0.258 e. The predicted molar refractivity (Wildman–Crippen MR) is 56.7 cm³/mol. The maximum absolute atomic E-state index is 10.5. The molecule has 0 N–H and O–H groups in total. The Kier molecular flexibility index (Phi) is 4.07. The highest BCUT2D eigenvalue weighted by Gasteiger charge is 2.09. The van der Waals surface area contributed by atoms with Crippen molar-refractivity contribution in [2.75, 3.05) is 0 Å². The molecule has 0 aliphatic carbocycles. The standard InChI is InChI=1S/C10H9ClN2O2/c11-9(4-5-12)6-8-2-1-3-10(7-8)13(14)15/h1-3,7,9H,4,6H2. The van der Waals surface area contributed by atoms with Gasteiger partial charge in [-0.05, 0) is 12.0 Å². The predicted octanol–water partition coefficient (Wildman–Crippen LogP) is 2.66. The fourth-order valence-electron chi connectivity index (χ4n) is 1.22. The second-order valence-corrected chi connectivity index (χ2v) is 3.71. The van der Waals surface area contributed by atoms with E-state index in [2.05, 4.69) is 0 Å². The van der Waals surface area contributed by atoms with E-state index < -0.39 is 4.92 Å². The molecule has 4 nitrogen and oxygen atoms in total. The number of hydrogen-bond donors (Lipinski definition) is 0. The Bertz CT molecular complexity index is 401. The van der Waals surface area contributed by atoms with Gasteiger partial charge in [-0.3, -0.25) is 10.1 Å². The molecule has 5 heteroatoms. The monoisotopic (exact) mass is 224 g/mol. The van der Waals surface area contributed by atoms with Gasteiger partial charge in [0.25, 0.3) is 5.69 Å². The van der Waals surface area contributed by atoms with Crippen LogP contribution >= 0.6 is 11.6 Å². The minimum absolute atomic E-state index is 0.0494. The Hall–Kier alpha value is -1.60. The van der Waals surface area contributed by atoms with Crippen LogP contribution in [0.1, 0.15) is 12.0 Å². The molecule has 0 saturated carbocycles. The lowest BCUT2D eigenvalue weighted by atomic mass is 10.1. The molecule has 0 aliphatic heterocycles. The molecule has 1 aromatic carbocycles. The molecule has 0 heterocycles. The molecule has 78 valence electrons. The van der Waals surface area contributed by atoms with Crippen LogP contribution < -0.4 is 0 Å². The van der Waals surface area contributed by atoms with Crippen molar-refractivity contribution in [3.63, 3.8) is 0 Å². The first-order chi connectivity index (χ1) is 7.13. The molecule has 0 fully saturated rings. The molecule has 15 heavy (non-hydrogen) atoms. The molecule has 1 atom stereocenters. The summed E-state index contributed by atoms with van der Waals surface area (Å²) in [6.45, 7) is 0. The highest BCUT2D eigenvalue weighted by Crippen LogP contribution is 2.17. The second kappa shape index (κ2) is 5.32. The maximum atomic E-state index is 10.5. The number of hydrogen-bond acceptors (Lipinski definition) is 3. The van der Waals surface area contributed by atoms with Gasteiger partial charge in [-0.15, -0.1) is 11.6 Å². The Morgan fingerprint density at radius 3 is 2.93 bits per heavy atom. The normalized spacial score (nSPS) is 11.7. The molecule has 0 saturated heterocycles. The third-order valence-corrected chi connectivity index (χ3v) is 2.20. The summed E-state index contributed by atoms with van der Waals surface area (Å²) in [6, 6.07) is 8.24. The highest BCUT2D eigenvalue weighted by molar-refractivity contribution is 6.20. The van der Waals surface area contributed by atoms with Crippen LogP contribution in [-0.4, -0.2) is 10.3 Å². The fourth-order valence-corrected chi connectivity index (χ4v) is 1.47. The molecule has 1 aromatic rings. The van der Waals surface area contributed by atoms with Crippen molar-refractivity contribution in [2.45, 2.75) is 18.2 Å². The largest absolute Gasteiger partial charge is 0.269 e. The molecule has 1 rings (SSSR count). The number of nitrogens with zero attached hydrogens (tertiary/aromatic N) is 2. The molecular formula is C10H9ClN2O2. The molecular weight excluding hydrogens is 216 g/mol. The van der Waals surface area contributed by atoms with E-state index in [1.54, 1.807) is 12.1 Å². The van der Waals surface area contributed by atoms with Crippen LogP contribution in [0.3, 0.4) is 0 Å². The van der Waals surface area contributed by atoms with E-state index in [0.717, 1.165) is 5.56 Å².